The summed E-state index contributed by atoms with van der Waals surface area (Å²) in [6.07, 6.45) is 2.66. The molecule has 0 spiro atoms. The Hall–Kier alpha value is -0.620. The predicted molar refractivity (Wildman–Crippen MR) is 66.7 cm³/mol. The van der Waals surface area contributed by atoms with Crippen molar-refractivity contribution in [1.82, 2.24) is 14.8 Å². The van der Waals surface area contributed by atoms with Crippen molar-refractivity contribution in [3.05, 3.63) is 5.82 Å². The number of hydrogen-bond acceptors (Lipinski definition) is 4. The van der Waals surface area contributed by atoms with E-state index in [0.29, 0.717) is 12.2 Å². The van der Waals surface area contributed by atoms with Gasteiger partial charge in [0.1, 0.15) is 5.82 Å². The van der Waals surface area contributed by atoms with Crippen molar-refractivity contribution in [2.24, 2.45) is 0 Å². The molecule has 7 heteroatoms. The van der Waals surface area contributed by atoms with Crippen molar-refractivity contribution in [3.8, 4) is 0 Å². The van der Waals surface area contributed by atoms with E-state index in [4.69, 9.17) is 10.7 Å². The molecule has 0 aliphatic heterocycles. The summed E-state index contributed by atoms with van der Waals surface area (Å²) in [5, 5.41) is 7.47. The SMILES string of the molecule is CCCCc1nnc(S(=O)(=O)Cl)n1C(C)(C)C. The van der Waals surface area contributed by atoms with E-state index in [-0.39, 0.29) is 5.16 Å². The summed E-state index contributed by atoms with van der Waals surface area (Å²) >= 11 is 0. The molecule has 0 fully saturated rings. The molecule has 0 bridgehead atoms. The van der Waals surface area contributed by atoms with Gasteiger partial charge in [0.05, 0.1) is 0 Å². The predicted octanol–water partition coefficient (Wildman–Crippen LogP) is 2.30. The van der Waals surface area contributed by atoms with Gasteiger partial charge in [0.15, 0.2) is 0 Å². The van der Waals surface area contributed by atoms with Gasteiger partial charge in [-0.15, -0.1) is 10.2 Å². The van der Waals surface area contributed by atoms with Crippen LogP contribution in [0, 0.1) is 0 Å². The second-order valence-corrected chi connectivity index (χ2v) is 7.41. The zero-order chi connectivity index (χ0) is 13.3. The first-order chi connectivity index (χ1) is 7.68. The molecule has 17 heavy (non-hydrogen) atoms. The largest absolute Gasteiger partial charge is 0.296 e. The highest BCUT2D eigenvalue weighted by Crippen LogP contribution is 2.24. The number of rotatable bonds is 4. The van der Waals surface area contributed by atoms with E-state index in [1.165, 1.54) is 0 Å². The number of unbranched alkanes of at least 4 members (excludes halogenated alkanes) is 1. The summed E-state index contributed by atoms with van der Waals surface area (Å²) in [5.41, 5.74) is -0.413. The summed E-state index contributed by atoms with van der Waals surface area (Å²) in [6.45, 7) is 7.77. The van der Waals surface area contributed by atoms with Gasteiger partial charge in [0.2, 0.25) is 0 Å². The molecule has 0 aliphatic rings. The maximum Gasteiger partial charge on any atom is 0.296 e. The van der Waals surface area contributed by atoms with Gasteiger partial charge in [-0.3, -0.25) is 4.57 Å². The fraction of sp³-hybridized carbons (Fsp3) is 0.800. The van der Waals surface area contributed by atoms with Crippen molar-refractivity contribution in [2.75, 3.05) is 0 Å². The Morgan fingerprint density at radius 3 is 2.29 bits per heavy atom. The number of aryl methyl sites for hydroxylation is 1. The topological polar surface area (TPSA) is 64.8 Å². The summed E-state index contributed by atoms with van der Waals surface area (Å²) in [4.78, 5) is 0. The monoisotopic (exact) mass is 279 g/mol. The van der Waals surface area contributed by atoms with Gasteiger partial charge < -0.3 is 0 Å². The first kappa shape index (κ1) is 14.4. The highest BCUT2D eigenvalue weighted by Gasteiger charge is 2.29. The molecule has 5 nitrogen and oxygen atoms in total. The van der Waals surface area contributed by atoms with E-state index in [1.807, 2.05) is 20.8 Å². The first-order valence-corrected chi connectivity index (χ1v) is 7.88. The minimum absolute atomic E-state index is 0.169. The fourth-order valence-electron chi connectivity index (χ4n) is 1.63. The maximum atomic E-state index is 11.4. The van der Waals surface area contributed by atoms with Gasteiger partial charge in [-0.2, -0.15) is 0 Å². The van der Waals surface area contributed by atoms with Gasteiger partial charge in [0, 0.05) is 22.6 Å². The quantitative estimate of drug-likeness (QED) is 0.793. The zero-order valence-electron chi connectivity index (χ0n) is 10.6. The van der Waals surface area contributed by atoms with Crippen LogP contribution in [0.3, 0.4) is 0 Å². The van der Waals surface area contributed by atoms with Crippen LogP contribution < -0.4 is 0 Å². The van der Waals surface area contributed by atoms with E-state index >= 15 is 0 Å². The lowest BCUT2D eigenvalue weighted by Crippen LogP contribution is -2.27. The smallest absolute Gasteiger partial charge is 0.295 e. The van der Waals surface area contributed by atoms with Gasteiger partial charge >= 0.3 is 0 Å². The molecule has 1 aromatic rings. The van der Waals surface area contributed by atoms with Crippen LogP contribution in [0.4, 0.5) is 0 Å². The molecule has 0 aliphatic carbocycles. The Morgan fingerprint density at radius 2 is 1.88 bits per heavy atom. The van der Waals surface area contributed by atoms with Crippen LogP contribution in [-0.2, 0) is 21.0 Å². The molecule has 0 saturated carbocycles. The summed E-state index contributed by atoms with van der Waals surface area (Å²) in [5.74, 6) is 0.665. The summed E-state index contributed by atoms with van der Waals surface area (Å²) in [6, 6.07) is 0. The van der Waals surface area contributed by atoms with Gasteiger partial charge in [0.25, 0.3) is 14.2 Å². The van der Waals surface area contributed by atoms with E-state index in [0.717, 1.165) is 12.8 Å². The maximum absolute atomic E-state index is 11.4. The van der Waals surface area contributed by atoms with Crippen LogP contribution in [0.5, 0.6) is 0 Å². The minimum atomic E-state index is -3.86. The molecular weight excluding hydrogens is 262 g/mol. The molecule has 1 rings (SSSR count). The van der Waals surface area contributed by atoms with Crippen LogP contribution in [0.1, 0.15) is 46.4 Å². The second-order valence-electron chi connectivity index (χ2n) is 4.95. The number of aromatic nitrogens is 3. The lowest BCUT2D eigenvalue weighted by atomic mass is 10.1. The van der Waals surface area contributed by atoms with Crippen molar-refractivity contribution in [3.63, 3.8) is 0 Å². The minimum Gasteiger partial charge on any atom is -0.295 e. The molecule has 0 unspecified atom stereocenters. The summed E-state index contributed by atoms with van der Waals surface area (Å²) in [7, 11) is 1.51. The fourth-order valence-corrected chi connectivity index (χ4v) is 2.66. The lowest BCUT2D eigenvalue weighted by Gasteiger charge is -2.23. The van der Waals surface area contributed by atoms with Crippen LogP contribution in [-0.4, -0.2) is 23.2 Å². The zero-order valence-corrected chi connectivity index (χ0v) is 12.1. The van der Waals surface area contributed by atoms with Crippen LogP contribution in [0.15, 0.2) is 5.16 Å². The van der Waals surface area contributed by atoms with Gasteiger partial charge in [-0.05, 0) is 27.2 Å². The third kappa shape index (κ3) is 3.42. The van der Waals surface area contributed by atoms with Crippen LogP contribution in [0.2, 0.25) is 0 Å². The second kappa shape index (κ2) is 4.94. The average molecular weight is 280 g/mol. The Labute approximate surface area is 107 Å². The molecule has 0 amide bonds. The van der Waals surface area contributed by atoms with Gasteiger partial charge in [-0.25, -0.2) is 8.42 Å². The van der Waals surface area contributed by atoms with Crippen LogP contribution >= 0.6 is 10.7 Å². The van der Waals surface area contributed by atoms with Crippen LogP contribution in [0.25, 0.3) is 0 Å². The highest BCUT2D eigenvalue weighted by atomic mass is 35.7. The number of nitrogens with zero attached hydrogens (tertiary/aromatic N) is 3. The lowest BCUT2D eigenvalue weighted by molar-refractivity contribution is 0.349. The van der Waals surface area contributed by atoms with E-state index < -0.39 is 14.6 Å². The first-order valence-electron chi connectivity index (χ1n) is 5.57. The third-order valence-electron chi connectivity index (χ3n) is 2.34. The van der Waals surface area contributed by atoms with E-state index in [1.54, 1.807) is 4.57 Å². The molecule has 0 N–H and O–H groups in total. The normalized spacial score (nSPS) is 13.0. The van der Waals surface area contributed by atoms with Crippen molar-refractivity contribution in [1.29, 1.82) is 0 Å². The molecular formula is C10H18ClN3O2S. The van der Waals surface area contributed by atoms with Crippen molar-refractivity contribution in [2.45, 2.75) is 57.7 Å². The molecule has 0 saturated heterocycles. The van der Waals surface area contributed by atoms with Crippen molar-refractivity contribution >= 4 is 19.7 Å². The molecule has 1 heterocycles. The van der Waals surface area contributed by atoms with E-state index in [9.17, 15) is 8.42 Å². The Bertz CT molecular complexity index is 488. The molecule has 0 atom stereocenters. The number of halogens is 1. The Balaban J connectivity index is 3.31. The molecule has 98 valence electrons. The highest BCUT2D eigenvalue weighted by molar-refractivity contribution is 8.13. The third-order valence-corrected chi connectivity index (χ3v) is 3.46. The Morgan fingerprint density at radius 1 is 1.29 bits per heavy atom. The standard InChI is InChI=1S/C10H18ClN3O2S/c1-5-6-7-8-12-13-9(17(11,15)16)14(8)10(2,3)4/h5-7H2,1-4H3. The average Bonchev–Trinajstić information content (AvgIpc) is 2.56. The van der Waals surface area contributed by atoms with Crippen molar-refractivity contribution < 1.29 is 8.42 Å². The number of hydrogen-bond donors (Lipinski definition) is 0. The van der Waals surface area contributed by atoms with E-state index in [2.05, 4.69) is 17.1 Å². The molecule has 0 aromatic carbocycles. The molecule has 1 aromatic heterocycles. The van der Waals surface area contributed by atoms with Gasteiger partial charge in [-0.1, -0.05) is 13.3 Å². The molecule has 0 radical (unpaired) electrons. The Kier molecular flexibility index (Phi) is 4.19. The summed E-state index contributed by atoms with van der Waals surface area (Å²) < 4.78 is 24.5.